The highest BCUT2D eigenvalue weighted by molar-refractivity contribution is 5.88. The van der Waals surface area contributed by atoms with Gasteiger partial charge < -0.3 is 15.7 Å². The van der Waals surface area contributed by atoms with E-state index in [0.29, 0.717) is 6.42 Å². The lowest BCUT2D eigenvalue weighted by molar-refractivity contribution is -0.142. The molecule has 1 unspecified atom stereocenters. The third-order valence-electron chi connectivity index (χ3n) is 5.93. The Bertz CT molecular complexity index is 501. The molecule has 4 bridgehead atoms. The van der Waals surface area contributed by atoms with Crippen LogP contribution in [0.15, 0.2) is 0 Å². The molecule has 24 heavy (non-hydrogen) atoms. The predicted octanol–water partition coefficient (Wildman–Crippen LogP) is 1.25. The lowest BCUT2D eigenvalue weighted by Gasteiger charge is -2.56. The Kier molecular flexibility index (Phi) is 4.78. The smallest absolute Gasteiger partial charge is 0.328 e. The molecule has 0 aromatic heterocycles. The first kappa shape index (κ1) is 17.2. The molecule has 4 aliphatic carbocycles. The van der Waals surface area contributed by atoms with Gasteiger partial charge in [-0.25, -0.2) is 9.18 Å². The maximum Gasteiger partial charge on any atom is 0.328 e. The van der Waals surface area contributed by atoms with Crippen LogP contribution in [0.3, 0.4) is 0 Å². The number of carbonyl (C=O) groups is 3. The Morgan fingerprint density at radius 2 is 1.58 bits per heavy atom. The number of hydrogen-bond donors (Lipinski definition) is 3. The minimum atomic E-state index is -1.56. The summed E-state index contributed by atoms with van der Waals surface area (Å²) in [6, 6.07) is -1.56. The highest BCUT2D eigenvalue weighted by atomic mass is 19.1. The lowest BCUT2D eigenvalue weighted by atomic mass is 9.49. The number of amides is 2. The normalized spacial score (nSPS) is 34.6. The van der Waals surface area contributed by atoms with Crippen LogP contribution in [0.4, 0.5) is 4.39 Å². The number of carboxylic acid groups (broad SMARTS) is 1. The molecule has 4 fully saturated rings. The topological polar surface area (TPSA) is 95.5 Å². The van der Waals surface area contributed by atoms with E-state index in [1.165, 1.54) is 19.3 Å². The molecule has 0 saturated heterocycles. The highest BCUT2D eigenvalue weighted by Crippen LogP contribution is 2.61. The zero-order valence-corrected chi connectivity index (χ0v) is 13.7. The van der Waals surface area contributed by atoms with E-state index in [4.69, 9.17) is 5.11 Å². The average molecular weight is 340 g/mol. The van der Waals surface area contributed by atoms with Gasteiger partial charge in [0.25, 0.3) is 0 Å². The van der Waals surface area contributed by atoms with E-state index in [1.54, 1.807) is 0 Å². The molecule has 0 aromatic rings. The Hall–Kier alpha value is -1.66. The summed E-state index contributed by atoms with van der Waals surface area (Å²) in [5.74, 6) is -0.00133. The van der Waals surface area contributed by atoms with Crippen molar-refractivity contribution >= 4 is 17.8 Å². The Labute approximate surface area is 140 Å². The first-order valence-corrected chi connectivity index (χ1v) is 8.74. The summed E-state index contributed by atoms with van der Waals surface area (Å²) in [6.45, 7) is -1.49. The van der Waals surface area contributed by atoms with Crippen molar-refractivity contribution in [3.8, 4) is 0 Å². The van der Waals surface area contributed by atoms with Crippen LogP contribution < -0.4 is 10.6 Å². The summed E-state index contributed by atoms with van der Waals surface area (Å²) in [5.41, 5.74) is 0.0951. The largest absolute Gasteiger partial charge is 0.480 e. The number of rotatable bonds is 7. The molecular formula is C17H25FN2O4. The SMILES string of the molecule is O=C(CC12CC3CC(CC(C3)C1)C2)NCC(=O)NC(CF)C(=O)O. The van der Waals surface area contributed by atoms with Gasteiger partial charge >= 0.3 is 5.97 Å². The zero-order chi connectivity index (χ0) is 17.3. The van der Waals surface area contributed by atoms with Crippen LogP contribution in [0.2, 0.25) is 0 Å². The molecule has 7 heteroatoms. The van der Waals surface area contributed by atoms with Crippen molar-refractivity contribution in [1.82, 2.24) is 10.6 Å². The van der Waals surface area contributed by atoms with Crippen LogP contribution in [0, 0.1) is 23.2 Å². The number of hydrogen-bond acceptors (Lipinski definition) is 3. The van der Waals surface area contributed by atoms with Gasteiger partial charge in [0.15, 0.2) is 6.04 Å². The van der Waals surface area contributed by atoms with Gasteiger partial charge in [0.1, 0.15) is 6.67 Å². The summed E-state index contributed by atoms with van der Waals surface area (Å²) < 4.78 is 12.5. The standard InChI is InChI=1S/C17H25FN2O4/c18-8-13(16(23)24)20-15(22)9-19-14(21)7-17-4-10-1-11(5-17)3-12(2-10)6-17/h10-13H,1-9H2,(H,19,21)(H,20,22)(H,23,24). The fraction of sp³-hybridized carbons (Fsp3) is 0.824. The van der Waals surface area contributed by atoms with Gasteiger partial charge in [0, 0.05) is 6.42 Å². The van der Waals surface area contributed by atoms with Gasteiger partial charge in [-0.2, -0.15) is 0 Å². The number of halogens is 1. The molecule has 4 saturated carbocycles. The van der Waals surface area contributed by atoms with Crippen molar-refractivity contribution in [3.63, 3.8) is 0 Å². The molecule has 2 amide bonds. The number of carboxylic acids is 1. The Morgan fingerprint density at radius 3 is 2.04 bits per heavy atom. The van der Waals surface area contributed by atoms with Crippen molar-refractivity contribution < 1.29 is 23.9 Å². The maximum atomic E-state index is 12.5. The van der Waals surface area contributed by atoms with E-state index < -0.39 is 24.6 Å². The highest BCUT2D eigenvalue weighted by Gasteiger charge is 2.51. The van der Waals surface area contributed by atoms with Crippen LogP contribution in [0.5, 0.6) is 0 Å². The zero-order valence-electron chi connectivity index (χ0n) is 13.7. The van der Waals surface area contributed by atoms with E-state index in [-0.39, 0.29) is 17.9 Å². The molecule has 0 aliphatic heterocycles. The summed E-state index contributed by atoms with van der Waals surface area (Å²) in [4.78, 5) is 34.5. The lowest BCUT2D eigenvalue weighted by Crippen LogP contribution is -2.49. The van der Waals surface area contributed by atoms with E-state index in [0.717, 1.165) is 37.0 Å². The molecular weight excluding hydrogens is 315 g/mol. The van der Waals surface area contributed by atoms with Gasteiger partial charge in [-0.3, -0.25) is 9.59 Å². The van der Waals surface area contributed by atoms with Gasteiger partial charge in [-0.05, 0) is 61.7 Å². The summed E-state index contributed by atoms with van der Waals surface area (Å²) in [7, 11) is 0. The minimum absolute atomic E-state index is 0.0951. The number of aliphatic carboxylic acids is 1. The quantitative estimate of drug-likeness (QED) is 0.650. The Morgan fingerprint density at radius 1 is 1.04 bits per heavy atom. The Balaban J connectivity index is 1.46. The molecule has 3 N–H and O–H groups in total. The molecule has 0 radical (unpaired) electrons. The van der Waals surface area contributed by atoms with Crippen LogP contribution in [0.25, 0.3) is 0 Å². The van der Waals surface area contributed by atoms with Gasteiger partial charge in [0.2, 0.25) is 11.8 Å². The molecule has 0 heterocycles. The van der Waals surface area contributed by atoms with Gasteiger partial charge in [-0.15, -0.1) is 0 Å². The summed E-state index contributed by atoms with van der Waals surface area (Å²) in [5, 5.41) is 13.3. The summed E-state index contributed by atoms with van der Waals surface area (Å²) in [6.07, 6.45) is 7.70. The number of carbonyl (C=O) groups excluding carboxylic acids is 2. The van der Waals surface area contributed by atoms with E-state index in [1.807, 2.05) is 0 Å². The molecule has 1 atom stereocenters. The van der Waals surface area contributed by atoms with Crippen LogP contribution >= 0.6 is 0 Å². The number of nitrogens with one attached hydrogen (secondary N) is 2. The summed E-state index contributed by atoms with van der Waals surface area (Å²) >= 11 is 0. The third-order valence-corrected chi connectivity index (χ3v) is 5.93. The van der Waals surface area contributed by atoms with Crippen molar-refractivity contribution in [2.24, 2.45) is 23.2 Å². The second-order valence-corrected chi connectivity index (χ2v) is 7.98. The van der Waals surface area contributed by atoms with Crippen molar-refractivity contribution in [3.05, 3.63) is 0 Å². The van der Waals surface area contributed by atoms with E-state index in [9.17, 15) is 18.8 Å². The number of alkyl halides is 1. The predicted molar refractivity (Wildman–Crippen MR) is 83.8 cm³/mol. The minimum Gasteiger partial charge on any atom is -0.480 e. The van der Waals surface area contributed by atoms with Crippen LogP contribution in [-0.2, 0) is 14.4 Å². The first-order chi connectivity index (χ1) is 11.4. The van der Waals surface area contributed by atoms with Crippen molar-refractivity contribution in [2.45, 2.75) is 51.0 Å². The molecule has 6 nitrogen and oxygen atoms in total. The van der Waals surface area contributed by atoms with Gasteiger partial charge in [0.05, 0.1) is 6.54 Å². The van der Waals surface area contributed by atoms with Gasteiger partial charge in [-0.1, -0.05) is 0 Å². The molecule has 0 aromatic carbocycles. The second kappa shape index (κ2) is 6.69. The van der Waals surface area contributed by atoms with Crippen LogP contribution in [-0.4, -0.2) is 42.2 Å². The fourth-order valence-electron chi connectivity index (χ4n) is 5.50. The molecule has 4 rings (SSSR count). The van der Waals surface area contributed by atoms with E-state index >= 15 is 0 Å². The first-order valence-electron chi connectivity index (χ1n) is 8.74. The van der Waals surface area contributed by atoms with Crippen molar-refractivity contribution in [1.29, 1.82) is 0 Å². The maximum absolute atomic E-state index is 12.5. The molecule has 134 valence electrons. The van der Waals surface area contributed by atoms with E-state index in [2.05, 4.69) is 10.6 Å². The molecule has 0 spiro atoms. The van der Waals surface area contributed by atoms with Crippen molar-refractivity contribution in [2.75, 3.05) is 13.2 Å². The van der Waals surface area contributed by atoms with Crippen LogP contribution in [0.1, 0.15) is 44.9 Å². The average Bonchev–Trinajstić information content (AvgIpc) is 2.48. The molecule has 4 aliphatic rings. The fourth-order valence-corrected chi connectivity index (χ4v) is 5.50. The second-order valence-electron chi connectivity index (χ2n) is 7.98. The third kappa shape index (κ3) is 3.70. The monoisotopic (exact) mass is 340 g/mol.